The maximum atomic E-state index is 12.7. The van der Waals surface area contributed by atoms with Crippen molar-refractivity contribution in [2.75, 3.05) is 5.32 Å². The molecule has 0 saturated heterocycles. The van der Waals surface area contributed by atoms with Gasteiger partial charge in [0.1, 0.15) is 20.8 Å². The highest BCUT2D eigenvalue weighted by molar-refractivity contribution is 7.07. The van der Waals surface area contributed by atoms with Gasteiger partial charge in [-0.25, -0.2) is 0 Å². The highest BCUT2D eigenvalue weighted by Crippen LogP contribution is 2.10. The molecule has 1 aromatic carbocycles. The predicted molar refractivity (Wildman–Crippen MR) is 102 cm³/mol. The van der Waals surface area contributed by atoms with E-state index in [1.165, 1.54) is 11.3 Å². The summed E-state index contributed by atoms with van der Waals surface area (Å²) in [6, 6.07) is 15.7. The molecule has 0 aliphatic heterocycles. The Morgan fingerprint density at radius 1 is 1.28 bits per heavy atom. The Bertz CT molecular complexity index is 1100. The van der Waals surface area contributed by atoms with Gasteiger partial charge in [0.25, 0.3) is 5.56 Å². The third kappa shape index (κ3) is 3.28. The summed E-state index contributed by atoms with van der Waals surface area (Å²) in [5.41, 5.74) is 2.13. The zero-order valence-electron chi connectivity index (χ0n) is 14.1. The molecule has 2 aromatic heterocycles. The number of aryl methyl sites for hydroxylation is 1. The average Bonchev–Trinajstić information content (AvgIpc) is 3.19. The standard InChI is InChI=1S/C19H18N4OS/c1-3-23-18(24)17(13-21-14-8-5-4-6-9-14)25-19(23)15(12-20)16-10-7-11-22(16)2/h4-11,13,21H,3H2,1-2H3. The Hall–Kier alpha value is -3.04. The fourth-order valence-electron chi connectivity index (χ4n) is 2.61. The molecular formula is C19H18N4OS. The summed E-state index contributed by atoms with van der Waals surface area (Å²) >= 11 is 1.33. The molecule has 0 unspecified atom stereocenters. The number of hydrogen-bond donors (Lipinski definition) is 1. The van der Waals surface area contributed by atoms with Crippen molar-refractivity contribution in [1.82, 2.24) is 9.13 Å². The smallest absolute Gasteiger partial charge is 0.270 e. The molecule has 1 N–H and O–H groups in total. The number of anilines is 1. The molecule has 0 aliphatic rings. The number of aromatic nitrogens is 2. The van der Waals surface area contributed by atoms with Gasteiger partial charge in [0.15, 0.2) is 0 Å². The lowest BCUT2D eigenvalue weighted by Crippen LogP contribution is -2.32. The van der Waals surface area contributed by atoms with Crippen LogP contribution in [0.2, 0.25) is 0 Å². The quantitative estimate of drug-likeness (QED) is 0.781. The summed E-state index contributed by atoms with van der Waals surface area (Å²) in [7, 11) is 1.89. The highest BCUT2D eigenvalue weighted by Gasteiger charge is 2.11. The van der Waals surface area contributed by atoms with E-state index in [1.54, 1.807) is 10.8 Å². The predicted octanol–water partition coefficient (Wildman–Crippen LogP) is 1.84. The molecule has 25 heavy (non-hydrogen) atoms. The number of thiazole rings is 1. The lowest BCUT2D eigenvalue weighted by molar-refractivity contribution is 0.720. The number of hydrogen-bond acceptors (Lipinski definition) is 4. The van der Waals surface area contributed by atoms with Gasteiger partial charge >= 0.3 is 0 Å². The Labute approximate surface area is 149 Å². The molecule has 5 nitrogen and oxygen atoms in total. The van der Waals surface area contributed by atoms with Gasteiger partial charge in [-0.3, -0.25) is 9.36 Å². The van der Waals surface area contributed by atoms with Gasteiger partial charge in [-0.05, 0) is 31.2 Å². The number of nitrogens with zero attached hydrogens (tertiary/aromatic N) is 3. The molecule has 6 heteroatoms. The molecule has 3 rings (SSSR count). The van der Waals surface area contributed by atoms with Gasteiger partial charge in [-0.15, -0.1) is 11.3 Å². The van der Waals surface area contributed by atoms with Gasteiger partial charge in [0.05, 0.1) is 5.69 Å². The summed E-state index contributed by atoms with van der Waals surface area (Å²) in [5, 5.41) is 12.8. The number of nitrogens with one attached hydrogen (secondary N) is 1. The SMILES string of the molecule is CCn1c(=C(C#N)c2cccn2C)sc(=CNc2ccccc2)c1=O. The first kappa shape index (κ1) is 16.8. The van der Waals surface area contributed by atoms with E-state index in [2.05, 4.69) is 11.4 Å². The maximum absolute atomic E-state index is 12.7. The zero-order valence-corrected chi connectivity index (χ0v) is 14.9. The van der Waals surface area contributed by atoms with Crippen molar-refractivity contribution in [3.05, 3.63) is 73.9 Å². The van der Waals surface area contributed by atoms with Crippen molar-refractivity contribution in [2.24, 2.45) is 7.05 Å². The van der Waals surface area contributed by atoms with E-state index in [9.17, 15) is 10.1 Å². The molecule has 3 aromatic rings. The zero-order chi connectivity index (χ0) is 17.8. The van der Waals surface area contributed by atoms with E-state index in [1.807, 2.05) is 67.2 Å². The second-order valence-corrected chi connectivity index (χ2v) is 6.50. The fourth-order valence-corrected chi connectivity index (χ4v) is 3.71. The second-order valence-electron chi connectivity index (χ2n) is 5.47. The monoisotopic (exact) mass is 350 g/mol. The van der Waals surface area contributed by atoms with E-state index in [0.29, 0.717) is 21.3 Å². The van der Waals surface area contributed by atoms with Crippen LogP contribution < -0.4 is 20.1 Å². The molecule has 0 spiro atoms. The van der Waals surface area contributed by atoms with Crippen LogP contribution in [0, 0.1) is 11.3 Å². The summed E-state index contributed by atoms with van der Waals surface area (Å²) in [4.78, 5) is 12.7. The van der Waals surface area contributed by atoms with Gasteiger partial charge < -0.3 is 9.88 Å². The fraction of sp³-hybridized carbons (Fsp3) is 0.158. The summed E-state index contributed by atoms with van der Waals surface area (Å²) in [6.07, 6.45) is 3.59. The van der Waals surface area contributed by atoms with Crippen LogP contribution >= 0.6 is 11.3 Å². The maximum Gasteiger partial charge on any atom is 0.270 e. The lowest BCUT2D eigenvalue weighted by atomic mass is 10.2. The Kier molecular flexibility index (Phi) is 4.87. The van der Waals surface area contributed by atoms with E-state index >= 15 is 0 Å². The van der Waals surface area contributed by atoms with Crippen molar-refractivity contribution < 1.29 is 0 Å². The average molecular weight is 350 g/mol. The largest absolute Gasteiger partial charge is 0.360 e. The minimum atomic E-state index is -0.0899. The minimum Gasteiger partial charge on any atom is -0.360 e. The molecule has 0 aliphatic carbocycles. The van der Waals surface area contributed by atoms with Crippen molar-refractivity contribution in [2.45, 2.75) is 13.5 Å². The van der Waals surface area contributed by atoms with Gasteiger partial charge in [-0.2, -0.15) is 5.26 Å². The van der Waals surface area contributed by atoms with Gasteiger partial charge in [-0.1, -0.05) is 18.2 Å². The molecule has 0 bridgehead atoms. The van der Waals surface area contributed by atoms with Crippen molar-refractivity contribution in [3.8, 4) is 6.07 Å². The molecule has 2 heterocycles. The first-order chi connectivity index (χ1) is 12.2. The molecule has 126 valence electrons. The molecule has 0 saturated carbocycles. The van der Waals surface area contributed by atoms with Crippen LogP contribution in [-0.2, 0) is 13.6 Å². The van der Waals surface area contributed by atoms with E-state index in [4.69, 9.17) is 0 Å². The van der Waals surface area contributed by atoms with E-state index in [0.717, 1.165) is 11.4 Å². The summed E-state index contributed by atoms with van der Waals surface area (Å²) in [6.45, 7) is 2.42. The molecule has 0 atom stereocenters. The van der Waals surface area contributed by atoms with Crippen LogP contribution in [0.15, 0.2) is 53.5 Å². The number of para-hydroxylation sites is 1. The number of nitriles is 1. The van der Waals surface area contributed by atoms with E-state index in [-0.39, 0.29) is 5.56 Å². The molecule has 0 radical (unpaired) electrons. The van der Waals surface area contributed by atoms with Crippen LogP contribution in [0.3, 0.4) is 0 Å². The summed E-state index contributed by atoms with van der Waals surface area (Å²) < 4.78 is 4.78. The van der Waals surface area contributed by atoms with Gasteiger partial charge in [0, 0.05) is 31.7 Å². The van der Waals surface area contributed by atoms with Crippen molar-refractivity contribution in [1.29, 1.82) is 5.26 Å². The summed E-state index contributed by atoms with van der Waals surface area (Å²) in [5.74, 6) is 0. The van der Waals surface area contributed by atoms with Crippen molar-refractivity contribution >= 4 is 28.8 Å². The van der Waals surface area contributed by atoms with E-state index < -0.39 is 0 Å². The number of rotatable bonds is 4. The third-order valence-electron chi connectivity index (χ3n) is 3.89. The normalized spacial score (nSPS) is 12.8. The first-order valence-corrected chi connectivity index (χ1v) is 8.75. The Balaban J connectivity index is 2.20. The second kappa shape index (κ2) is 7.24. The van der Waals surface area contributed by atoms with Crippen LogP contribution in [0.25, 0.3) is 11.8 Å². The van der Waals surface area contributed by atoms with Crippen LogP contribution in [0.4, 0.5) is 5.69 Å². The van der Waals surface area contributed by atoms with Crippen LogP contribution in [0.1, 0.15) is 12.6 Å². The Morgan fingerprint density at radius 2 is 2.04 bits per heavy atom. The first-order valence-electron chi connectivity index (χ1n) is 7.93. The minimum absolute atomic E-state index is 0.0899. The van der Waals surface area contributed by atoms with Crippen LogP contribution in [0.5, 0.6) is 0 Å². The highest BCUT2D eigenvalue weighted by atomic mass is 32.1. The number of benzene rings is 1. The molecular weight excluding hydrogens is 332 g/mol. The Morgan fingerprint density at radius 3 is 2.64 bits per heavy atom. The van der Waals surface area contributed by atoms with Gasteiger partial charge in [0.2, 0.25) is 0 Å². The lowest BCUT2D eigenvalue weighted by Gasteiger charge is -2.02. The van der Waals surface area contributed by atoms with Crippen molar-refractivity contribution in [3.63, 3.8) is 0 Å². The topological polar surface area (TPSA) is 62.8 Å². The molecule has 0 amide bonds. The molecule has 0 fully saturated rings. The third-order valence-corrected chi connectivity index (χ3v) is 5.02. The van der Waals surface area contributed by atoms with Crippen LogP contribution in [-0.4, -0.2) is 9.13 Å².